The number of hydrogen-bond acceptors (Lipinski definition) is 4. The van der Waals surface area contributed by atoms with Crippen LogP contribution >= 0.6 is 35.4 Å². The Labute approximate surface area is 228 Å². The monoisotopic (exact) mass is 554 g/mol. The molecule has 5 rings (SSSR count). The van der Waals surface area contributed by atoms with Crippen LogP contribution in [0.15, 0.2) is 83.4 Å². The molecule has 6 nitrogen and oxygen atoms in total. The van der Waals surface area contributed by atoms with Crippen molar-refractivity contribution in [2.75, 3.05) is 11.9 Å². The summed E-state index contributed by atoms with van der Waals surface area (Å²) in [4.78, 5) is 19.1. The van der Waals surface area contributed by atoms with Crippen molar-refractivity contribution in [3.63, 3.8) is 0 Å². The van der Waals surface area contributed by atoms with Crippen LogP contribution in [0.4, 0.5) is 10.1 Å². The van der Waals surface area contributed by atoms with Crippen LogP contribution in [0.5, 0.6) is 0 Å². The summed E-state index contributed by atoms with van der Waals surface area (Å²) in [6.07, 6.45) is 1.87. The third kappa shape index (κ3) is 5.46. The van der Waals surface area contributed by atoms with Crippen molar-refractivity contribution in [3.05, 3.63) is 106 Å². The fraction of sp³-hybridized carbons (Fsp3) is 0.148. The number of aromatic nitrogens is 1. The van der Waals surface area contributed by atoms with Crippen molar-refractivity contribution in [2.24, 2.45) is 0 Å². The number of carbonyl (C=O) groups is 1. The number of nitrogens with one attached hydrogen (secondary N) is 2. The number of amides is 1. The lowest BCUT2D eigenvalue weighted by Gasteiger charge is -2.25. The van der Waals surface area contributed by atoms with Crippen molar-refractivity contribution < 1.29 is 13.6 Å². The fourth-order valence-corrected chi connectivity index (χ4v) is 5.01. The van der Waals surface area contributed by atoms with E-state index < -0.39 is 0 Å². The molecule has 0 radical (unpaired) electrons. The zero-order valence-corrected chi connectivity index (χ0v) is 21.7. The zero-order valence-electron chi connectivity index (χ0n) is 19.3. The first-order chi connectivity index (χ1) is 17.9. The molecule has 37 heavy (non-hydrogen) atoms. The standard InChI is InChI=1S/C27H21Cl2FN4O2S/c28-19-5-3-4-18(24(19)29)21-11-12-22(36-21)26-25(20-6-1-2-14-31-20)33-27(37)34(26)15-13-23(35)32-17-9-7-16(30)8-10-17/h1-12,14,25-26H,13,15H2,(H,32,35)(H,33,37)/t25-,26+/m1/s1. The number of thiocarbonyl (C=S) groups is 1. The maximum absolute atomic E-state index is 13.2. The predicted octanol–water partition coefficient (Wildman–Crippen LogP) is 6.79. The molecule has 1 aliphatic heterocycles. The molecule has 0 saturated carbocycles. The Hall–Kier alpha value is -3.46. The number of benzene rings is 2. The van der Waals surface area contributed by atoms with Gasteiger partial charge in [-0.2, -0.15) is 0 Å². The number of furan rings is 1. The van der Waals surface area contributed by atoms with E-state index in [0.717, 1.165) is 5.69 Å². The number of pyridine rings is 1. The molecule has 3 heterocycles. The molecular weight excluding hydrogens is 534 g/mol. The Balaban J connectivity index is 1.41. The van der Waals surface area contributed by atoms with Crippen molar-refractivity contribution >= 4 is 52.1 Å². The van der Waals surface area contributed by atoms with Crippen molar-refractivity contribution in [2.45, 2.75) is 18.5 Å². The summed E-state index contributed by atoms with van der Waals surface area (Å²) in [5.41, 5.74) is 1.98. The van der Waals surface area contributed by atoms with Crippen LogP contribution in [0.1, 0.15) is 30.0 Å². The highest BCUT2D eigenvalue weighted by Gasteiger charge is 2.41. The summed E-state index contributed by atoms with van der Waals surface area (Å²) < 4.78 is 19.5. The van der Waals surface area contributed by atoms with Crippen LogP contribution in [0, 0.1) is 5.82 Å². The number of nitrogens with zero attached hydrogens (tertiary/aromatic N) is 2. The molecule has 1 amide bonds. The van der Waals surface area contributed by atoms with Crippen LogP contribution in [0.2, 0.25) is 10.0 Å². The average Bonchev–Trinajstić information content (AvgIpc) is 3.51. The van der Waals surface area contributed by atoms with Crippen LogP contribution in [0.25, 0.3) is 11.3 Å². The molecule has 0 aliphatic carbocycles. The van der Waals surface area contributed by atoms with E-state index in [1.165, 1.54) is 24.3 Å². The van der Waals surface area contributed by atoms with Gasteiger partial charge in [-0.25, -0.2) is 4.39 Å². The Morgan fingerprint density at radius 2 is 1.89 bits per heavy atom. The Morgan fingerprint density at radius 3 is 2.65 bits per heavy atom. The van der Waals surface area contributed by atoms with Gasteiger partial charge in [0.15, 0.2) is 5.11 Å². The fourth-order valence-electron chi connectivity index (χ4n) is 4.28. The first kappa shape index (κ1) is 25.2. The van der Waals surface area contributed by atoms with E-state index in [1.54, 1.807) is 18.3 Å². The smallest absolute Gasteiger partial charge is 0.226 e. The van der Waals surface area contributed by atoms with E-state index in [1.807, 2.05) is 41.3 Å². The number of carbonyl (C=O) groups excluding carboxylic acids is 1. The van der Waals surface area contributed by atoms with Gasteiger partial charge in [0.2, 0.25) is 5.91 Å². The summed E-state index contributed by atoms with van der Waals surface area (Å²) >= 11 is 18.3. The molecule has 2 N–H and O–H groups in total. The van der Waals surface area contributed by atoms with Crippen molar-refractivity contribution in [1.29, 1.82) is 0 Å². The average molecular weight is 555 g/mol. The molecule has 1 fully saturated rings. The molecule has 0 spiro atoms. The zero-order chi connectivity index (χ0) is 25.9. The number of anilines is 1. The topological polar surface area (TPSA) is 70.4 Å². The molecule has 2 aromatic carbocycles. The van der Waals surface area contributed by atoms with Crippen molar-refractivity contribution in [3.8, 4) is 11.3 Å². The molecule has 188 valence electrons. The van der Waals surface area contributed by atoms with E-state index in [4.69, 9.17) is 39.8 Å². The minimum absolute atomic E-state index is 0.151. The molecule has 2 atom stereocenters. The number of hydrogen-bond donors (Lipinski definition) is 2. The lowest BCUT2D eigenvalue weighted by molar-refractivity contribution is -0.116. The molecular formula is C27H21Cl2FN4O2S. The lowest BCUT2D eigenvalue weighted by atomic mass is 10.0. The molecule has 10 heteroatoms. The van der Waals surface area contributed by atoms with Gasteiger partial charge < -0.3 is 20.0 Å². The summed E-state index contributed by atoms with van der Waals surface area (Å²) in [5.74, 6) is 0.606. The first-order valence-electron chi connectivity index (χ1n) is 11.5. The number of halogens is 3. The van der Waals surface area contributed by atoms with Gasteiger partial charge in [0.1, 0.15) is 23.4 Å². The SMILES string of the molecule is O=C(CCN1C(=S)N[C@H](c2ccccn2)[C@@H]1c1ccc(-c2cccc(Cl)c2Cl)o1)Nc1ccc(F)cc1. The predicted molar refractivity (Wildman–Crippen MR) is 146 cm³/mol. The second-order valence-electron chi connectivity index (χ2n) is 8.43. The van der Waals surface area contributed by atoms with Gasteiger partial charge >= 0.3 is 0 Å². The largest absolute Gasteiger partial charge is 0.459 e. The highest BCUT2D eigenvalue weighted by molar-refractivity contribution is 7.80. The summed E-state index contributed by atoms with van der Waals surface area (Å²) in [6.45, 7) is 0.320. The quantitative estimate of drug-likeness (QED) is 0.245. The highest BCUT2D eigenvalue weighted by atomic mass is 35.5. The Kier molecular flexibility index (Phi) is 7.41. The number of rotatable bonds is 7. The first-order valence-corrected chi connectivity index (χ1v) is 12.6. The lowest BCUT2D eigenvalue weighted by Crippen LogP contribution is -2.32. The normalized spacial score (nSPS) is 17.1. The maximum atomic E-state index is 13.2. The van der Waals surface area contributed by atoms with E-state index in [-0.39, 0.29) is 30.2 Å². The third-order valence-corrected chi connectivity index (χ3v) is 7.21. The molecule has 2 aromatic heterocycles. The molecule has 1 saturated heterocycles. The van der Waals surface area contributed by atoms with E-state index in [0.29, 0.717) is 44.5 Å². The van der Waals surface area contributed by atoms with E-state index in [9.17, 15) is 9.18 Å². The third-order valence-electron chi connectivity index (χ3n) is 6.04. The maximum Gasteiger partial charge on any atom is 0.226 e. The summed E-state index contributed by atoms with van der Waals surface area (Å²) in [6, 6.07) is 19.7. The van der Waals surface area contributed by atoms with Crippen LogP contribution in [-0.2, 0) is 4.79 Å². The van der Waals surface area contributed by atoms with Crippen LogP contribution < -0.4 is 10.6 Å². The highest BCUT2D eigenvalue weighted by Crippen LogP contribution is 2.42. The van der Waals surface area contributed by atoms with Gasteiger partial charge in [0.05, 0.1) is 21.8 Å². The van der Waals surface area contributed by atoms with Gasteiger partial charge in [0, 0.05) is 30.4 Å². The summed E-state index contributed by atoms with van der Waals surface area (Å²) in [5, 5.41) is 7.43. The summed E-state index contributed by atoms with van der Waals surface area (Å²) in [7, 11) is 0. The molecule has 4 aromatic rings. The Morgan fingerprint density at radius 1 is 1.08 bits per heavy atom. The van der Waals surface area contributed by atoms with Crippen molar-refractivity contribution in [1.82, 2.24) is 15.2 Å². The minimum Gasteiger partial charge on any atom is -0.459 e. The van der Waals surface area contributed by atoms with Crippen LogP contribution in [-0.4, -0.2) is 27.4 Å². The van der Waals surface area contributed by atoms with Gasteiger partial charge in [-0.05, 0) is 72.9 Å². The van der Waals surface area contributed by atoms with Gasteiger partial charge in [-0.15, -0.1) is 0 Å². The molecule has 0 unspecified atom stereocenters. The second kappa shape index (κ2) is 10.9. The van der Waals surface area contributed by atoms with Crippen LogP contribution in [0.3, 0.4) is 0 Å². The van der Waals surface area contributed by atoms with E-state index in [2.05, 4.69) is 15.6 Å². The molecule has 0 bridgehead atoms. The van der Waals surface area contributed by atoms with Gasteiger partial charge in [-0.1, -0.05) is 35.3 Å². The van der Waals surface area contributed by atoms with Gasteiger partial charge in [-0.3, -0.25) is 9.78 Å². The minimum atomic E-state index is -0.369. The second-order valence-corrected chi connectivity index (χ2v) is 9.60. The van der Waals surface area contributed by atoms with E-state index >= 15 is 0 Å². The Bertz CT molecular complexity index is 1430. The molecule has 1 aliphatic rings. The van der Waals surface area contributed by atoms with Gasteiger partial charge in [0.25, 0.3) is 0 Å².